The SMILES string of the molecule is Nc1ccc(N2CCNC2=O)nc1. The van der Waals surface area contributed by atoms with E-state index in [1.165, 1.54) is 0 Å². The van der Waals surface area contributed by atoms with Crippen molar-refractivity contribution < 1.29 is 4.79 Å². The average Bonchev–Trinajstić information content (AvgIpc) is 2.53. The Bertz CT molecular complexity index is 321. The highest BCUT2D eigenvalue weighted by molar-refractivity contribution is 5.93. The third kappa shape index (κ3) is 1.40. The van der Waals surface area contributed by atoms with Crippen LogP contribution >= 0.6 is 0 Å². The quantitative estimate of drug-likeness (QED) is 0.645. The van der Waals surface area contributed by atoms with Gasteiger partial charge in [-0.25, -0.2) is 9.78 Å². The number of hydrogen-bond acceptors (Lipinski definition) is 3. The summed E-state index contributed by atoms with van der Waals surface area (Å²) < 4.78 is 0. The molecular formula is C8H10N4O. The van der Waals surface area contributed by atoms with Gasteiger partial charge in [-0.05, 0) is 12.1 Å². The first-order chi connectivity index (χ1) is 6.27. The number of nitrogens with two attached hydrogens (primary N) is 1. The van der Waals surface area contributed by atoms with Gasteiger partial charge in [-0.1, -0.05) is 0 Å². The van der Waals surface area contributed by atoms with Crippen molar-refractivity contribution in [1.29, 1.82) is 0 Å². The summed E-state index contributed by atoms with van der Waals surface area (Å²) in [5, 5.41) is 2.70. The van der Waals surface area contributed by atoms with Crippen molar-refractivity contribution in [3.63, 3.8) is 0 Å². The lowest BCUT2D eigenvalue weighted by atomic mass is 10.4. The highest BCUT2D eigenvalue weighted by atomic mass is 16.2. The first-order valence-corrected chi connectivity index (χ1v) is 4.04. The topological polar surface area (TPSA) is 71.2 Å². The van der Waals surface area contributed by atoms with Crippen LogP contribution in [0.2, 0.25) is 0 Å². The molecule has 1 aromatic rings. The molecule has 3 N–H and O–H groups in total. The Hall–Kier alpha value is -1.78. The molecule has 5 heteroatoms. The number of nitrogens with zero attached hydrogens (tertiary/aromatic N) is 2. The van der Waals surface area contributed by atoms with Crippen LogP contribution in [0.4, 0.5) is 16.3 Å². The number of amides is 2. The van der Waals surface area contributed by atoms with Gasteiger partial charge < -0.3 is 11.1 Å². The lowest BCUT2D eigenvalue weighted by Gasteiger charge is -2.12. The van der Waals surface area contributed by atoms with E-state index in [1.807, 2.05) is 0 Å². The highest BCUT2D eigenvalue weighted by Crippen LogP contribution is 2.13. The number of carbonyl (C=O) groups is 1. The number of nitrogens with one attached hydrogen (secondary N) is 1. The number of nitrogen functional groups attached to an aromatic ring is 1. The second kappa shape index (κ2) is 2.93. The summed E-state index contributed by atoms with van der Waals surface area (Å²) >= 11 is 0. The third-order valence-corrected chi connectivity index (χ3v) is 1.90. The Labute approximate surface area is 75.6 Å². The van der Waals surface area contributed by atoms with Crippen LogP contribution in [0.5, 0.6) is 0 Å². The zero-order valence-electron chi connectivity index (χ0n) is 7.03. The van der Waals surface area contributed by atoms with Crippen molar-refractivity contribution in [2.75, 3.05) is 23.7 Å². The minimum absolute atomic E-state index is 0.0997. The predicted molar refractivity (Wildman–Crippen MR) is 49.4 cm³/mol. The van der Waals surface area contributed by atoms with E-state index in [0.717, 1.165) is 0 Å². The Balaban J connectivity index is 2.25. The molecule has 0 atom stereocenters. The third-order valence-electron chi connectivity index (χ3n) is 1.90. The van der Waals surface area contributed by atoms with Crippen molar-refractivity contribution in [3.8, 4) is 0 Å². The fourth-order valence-electron chi connectivity index (χ4n) is 1.25. The molecule has 68 valence electrons. The van der Waals surface area contributed by atoms with E-state index in [1.54, 1.807) is 23.2 Å². The van der Waals surface area contributed by atoms with E-state index in [9.17, 15) is 4.79 Å². The molecule has 0 saturated carbocycles. The summed E-state index contributed by atoms with van der Waals surface area (Å²) in [6.07, 6.45) is 1.54. The maximum absolute atomic E-state index is 11.2. The Morgan fingerprint density at radius 2 is 2.38 bits per heavy atom. The van der Waals surface area contributed by atoms with Gasteiger partial charge >= 0.3 is 6.03 Å². The molecule has 1 fully saturated rings. The highest BCUT2D eigenvalue weighted by Gasteiger charge is 2.21. The molecular weight excluding hydrogens is 168 g/mol. The van der Waals surface area contributed by atoms with Crippen LogP contribution < -0.4 is 16.0 Å². The average molecular weight is 178 g/mol. The van der Waals surface area contributed by atoms with Crippen LogP contribution in [0, 0.1) is 0 Å². The molecule has 13 heavy (non-hydrogen) atoms. The summed E-state index contributed by atoms with van der Waals surface area (Å²) in [6.45, 7) is 1.33. The number of aromatic nitrogens is 1. The first kappa shape index (κ1) is 7.85. The summed E-state index contributed by atoms with van der Waals surface area (Å²) in [5.74, 6) is 0.643. The van der Waals surface area contributed by atoms with Gasteiger partial charge in [0.05, 0.1) is 11.9 Å². The molecule has 0 aliphatic carbocycles. The molecule has 2 heterocycles. The monoisotopic (exact) mass is 178 g/mol. The first-order valence-electron chi connectivity index (χ1n) is 4.04. The number of anilines is 2. The summed E-state index contributed by atoms with van der Waals surface area (Å²) in [6, 6.07) is 3.37. The largest absolute Gasteiger partial charge is 0.397 e. The lowest BCUT2D eigenvalue weighted by Crippen LogP contribution is -2.28. The second-order valence-corrected chi connectivity index (χ2v) is 2.83. The number of urea groups is 1. The van der Waals surface area contributed by atoms with E-state index in [-0.39, 0.29) is 6.03 Å². The second-order valence-electron chi connectivity index (χ2n) is 2.83. The van der Waals surface area contributed by atoms with Crippen LogP contribution in [0.25, 0.3) is 0 Å². The Morgan fingerprint density at radius 3 is 2.92 bits per heavy atom. The zero-order valence-corrected chi connectivity index (χ0v) is 7.03. The summed E-state index contributed by atoms with van der Waals surface area (Å²) in [7, 11) is 0. The molecule has 0 aromatic carbocycles. The molecule has 1 saturated heterocycles. The van der Waals surface area contributed by atoms with Crippen LogP contribution in [0.3, 0.4) is 0 Å². The van der Waals surface area contributed by atoms with Gasteiger partial charge in [0.15, 0.2) is 0 Å². The summed E-state index contributed by atoms with van der Waals surface area (Å²) in [5.41, 5.74) is 6.08. The van der Waals surface area contributed by atoms with E-state index >= 15 is 0 Å². The Kier molecular flexibility index (Phi) is 1.77. The zero-order chi connectivity index (χ0) is 9.26. The molecule has 0 radical (unpaired) electrons. The van der Waals surface area contributed by atoms with Crippen molar-refractivity contribution in [1.82, 2.24) is 10.3 Å². The molecule has 5 nitrogen and oxygen atoms in total. The van der Waals surface area contributed by atoms with Crippen molar-refractivity contribution in [3.05, 3.63) is 18.3 Å². The maximum Gasteiger partial charge on any atom is 0.323 e. The van der Waals surface area contributed by atoms with E-state index in [0.29, 0.717) is 24.6 Å². The molecule has 0 spiro atoms. The smallest absolute Gasteiger partial charge is 0.323 e. The maximum atomic E-state index is 11.2. The van der Waals surface area contributed by atoms with Gasteiger partial charge in [0.1, 0.15) is 5.82 Å². The molecule has 0 bridgehead atoms. The van der Waals surface area contributed by atoms with E-state index < -0.39 is 0 Å². The van der Waals surface area contributed by atoms with Crippen LogP contribution in [-0.2, 0) is 0 Å². The summed E-state index contributed by atoms with van der Waals surface area (Å²) in [4.78, 5) is 16.8. The van der Waals surface area contributed by atoms with Gasteiger partial charge in [-0.15, -0.1) is 0 Å². The number of carbonyl (C=O) groups excluding carboxylic acids is 1. The number of pyridine rings is 1. The van der Waals surface area contributed by atoms with Gasteiger partial charge in [-0.2, -0.15) is 0 Å². The molecule has 1 aliphatic rings. The normalized spacial score (nSPS) is 16.0. The fourth-order valence-corrected chi connectivity index (χ4v) is 1.25. The molecule has 1 aromatic heterocycles. The number of hydrogen-bond donors (Lipinski definition) is 2. The van der Waals surface area contributed by atoms with Crippen LogP contribution in [0.15, 0.2) is 18.3 Å². The molecule has 1 aliphatic heterocycles. The predicted octanol–water partition coefficient (Wildman–Crippen LogP) is 0.193. The lowest BCUT2D eigenvalue weighted by molar-refractivity contribution is 0.252. The van der Waals surface area contributed by atoms with Gasteiger partial charge in [0.25, 0.3) is 0 Å². The molecule has 2 amide bonds. The van der Waals surface area contributed by atoms with E-state index in [4.69, 9.17) is 5.73 Å². The fraction of sp³-hybridized carbons (Fsp3) is 0.250. The van der Waals surface area contributed by atoms with Crippen LogP contribution in [-0.4, -0.2) is 24.1 Å². The van der Waals surface area contributed by atoms with E-state index in [2.05, 4.69) is 10.3 Å². The van der Waals surface area contributed by atoms with Crippen molar-refractivity contribution in [2.24, 2.45) is 0 Å². The minimum Gasteiger partial charge on any atom is -0.397 e. The standard InChI is InChI=1S/C8H10N4O/c9-6-1-2-7(11-5-6)12-4-3-10-8(12)13/h1-2,5H,3-4,9H2,(H,10,13). The van der Waals surface area contributed by atoms with Crippen molar-refractivity contribution in [2.45, 2.75) is 0 Å². The molecule has 0 unspecified atom stereocenters. The van der Waals surface area contributed by atoms with Crippen molar-refractivity contribution >= 4 is 17.5 Å². The minimum atomic E-state index is -0.0997. The number of rotatable bonds is 1. The molecule has 2 rings (SSSR count). The van der Waals surface area contributed by atoms with Gasteiger partial charge in [0, 0.05) is 13.1 Å². The van der Waals surface area contributed by atoms with Gasteiger partial charge in [0.2, 0.25) is 0 Å². The Morgan fingerprint density at radius 1 is 1.54 bits per heavy atom. The van der Waals surface area contributed by atoms with Gasteiger partial charge in [-0.3, -0.25) is 4.90 Å². The van der Waals surface area contributed by atoms with Crippen LogP contribution in [0.1, 0.15) is 0 Å².